The van der Waals surface area contributed by atoms with E-state index < -0.39 is 0 Å². The van der Waals surface area contributed by atoms with Gasteiger partial charge in [0, 0.05) is 30.9 Å². The van der Waals surface area contributed by atoms with Crippen LogP contribution in [0.25, 0.3) is 0 Å². The smallest absolute Gasteiger partial charge is 0.253 e. The summed E-state index contributed by atoms with van der Waals surface area (Å²) in [6.45, 7) is 1.61. The maximum Gasteiger partial charge on any atom is 0.253 e. The Morgan fingerprint density at radius 3 is 2.69 bits per heavy atom. The summed E-state index contributed by atoms with van der Waals surface area (Å²) in [5.74, 6) is -0.377. The van der Waals surface area contributed by atoms with Crippen molar-refractivity contribution in [3.63, 3.8) is 0 Å². The molecule has 0 spiro atoms. The third-order valence-corrected chi connectivity index (χ3v) is 4.36. The number of carbonyl (C=O) groups is 2. The summed E-state index contributed by atoms with van der Waals surface area (Å²) in [7, 11) is 0. The van der Waals surface area contributed by atoms with Crippen LogP contribution in [0.3, 0.4) is 0 Å². The highest BCUT2D eigenvalue weighted by Crippen LogP contribution is 2.12. The summed E-state index contributed by atoms with van der Waals surface area (Å²) in [5.41, 5.74) is 8.10. The molecule has 1 heterocycles. The van der Waals surface area contributed by atoms with Gasteiger partial charge in [-0.15, -0.1) is 0 Å². The number of nitrogens with one attached hydrogen (secondary N) is 2. The van der Waals surface area contributed by atoms with Crippen molar-refractivity contribution in [3.05, 3.63) is 65.2 Å². The van der Waals surface area contributed by atoms with E-state index in [1.807, 2.05) is 6.07 Å². The van der Waals surface area contributed by atoms with Crippen LogP contribution >= 0.6 is 0 Å². The van der Waals surface area contributed by atoms with Crippen LogP contribution in [0, 0.1) is 0 Å². The number of amides is 2. The molecule has 1 aliphatic heterocycles. The molecule has 0 radical (unpaired) electrons. The van der Waals surface area contributed by atoms with Crippen LogP contribution in [-0.4, -0.2) is 31.1 Å². The lowest BCUT2D eigenvalue weighted by Crippen LogP contribution is -2.31. The van der Waals surface area contributed by atoms with Gasteiger partial charge in [0.15, 0.2) is 0 Å². The maximum atomic E-state index is 12.3. The molecule has 1 saturated heterocycles. The van der Waals surface area contributed by atoms with E-state index in [4.69, 9.17) is 10.5 Å². The van der Waals surface area contributed by atoms with E-state index in [0.717, 1.165) is 25.0 Å². The molecule has 1 unspecified atom stereocenters. The van der Waals surface area contributed by atoms with Gasteiger partial charge in [0.1, 0.15) is 0 Å². The number of benzene rings is 2. The lowest BCUT2D eigenvalue weighted by Gasteiger charge is -2.12. The minimum atomic E-state index is -0.240. The molecular weight excluding hydrogens is 330 g/mol. The monoisotopic (exact) mass is 353 g/mol. The first-order valence-electron chi connectivity index (χ1n) is 8.75. The van der Waals surface area contributed by atoms with Crippen LogP contribution in [0.5, 0.6) is 0 Å². The first kappa shape index (κ1) is 17.9. The number of hydrogen-bond donors (Lipinski definition) is 3. The van der Waals surface area contributed by atoms with Gasteiger partial charge in [0.2, 0.25) is 0 Å². The minimum Gasteiger partial charge on any atom is -0.398 e. The van der Waals surface area contributed by atoms with Gasteiger partial charge in [0.25, 0.3) is 11.8 Å². The van der Waals surface area contributed by atoms with Crippen molar-refractivity contribution in [3.8, 4) is 0 Å². The molecule has 1 fully saturated rings. The van der Waals surface area contributed by atoms with E-state index in [1.54, 1.807) is 42.5 Å². The largest absolute Gasteiger partial charge is 0.398 e. The molecule has 2 aromatic carbocycles. The Balaban J connectivity index is 1.56. The molecule has 26 heavy (non-hydrogen) atoms. The third kappa shape index (κ3) is 4.61. The number of rotatable bonds is 6. The molecule has 136 valence electrons. The summed E-state index contributed by atoms with van der Waals surface area (Å²) in [6.07, 6.45) is 2.13. The van der Waals surface area contributed by atoms with Crippen molar-refractivity contribution in [1.82, 2.24) is 10.6 Å². The van der Waals surface area contributed by atoms with E-state index in [-0.39, 0.29) is 17.9 Å². The van der Waals surface area contributed by atoms with Crippen LogP contribution < -0.4 is 16.4 Å². The van der Waals surface area contributed by atoms with Crippen molar-refractivity contribution >= 4 is 17.5 Å². The van der Waals surface area contributed by atoms with Crippen LogP contribution in [0.2, 0.25) is 0 Å². The SMILES string of the molecule is Nc1ccccc1C(=O)NCc1cccc(C(=O)NCC2CCCO2)c1. The predicted octanol–water partition coefficient (Wildman–Crippen LogP) is 2.11. The Bertz CT molecular complexity index is 785. The molecule has 3 rings (SSSR count). The number of hydrogen-bond acceptors (Lipinski definition) is 4. The average Bonchev–Trinajstić information content (AvgIpc) is 3.18. The van der Waals surface area contributed by atoms with E-state index in [9.17, 15) is 9.59 Å². The topological polar surface area (TPSA) is 93.5 Å². The number of nitrogen functional groups attached to an aromatic ring is 1. The number of anilines is 1. The standard InChI is InChI=1S/C20H23N3O3/c21-18-9-2-1-8-17(18)20(25)22-12-14-5-3-6-15(11-14)19(24)23-13-16-7-4-10-26-16/h1-3,5-6,8-9,11,16H,4,7,10,12-13,21H2,(H,22,25)(H,23,24). The first-order chi connectivity index (χ1) is 12.6. The molecule has 0 bridgehead atoms. The van der Waals surface area contributed by atoms with Gasteiger partial charge in [0.05, 0.1) is 11.7 Å². The normalized spacial score (nSPS) is 16.2. The van der Waals surface area contributed by atoms with Crippen molar-refractivity contribution in [2.24, 2.45) is 0 Å². The number of para-hydroxylation sites is 1. The van der Waals surface area contributed by atoms with E-state index in [0.29, 0.717) is 29.9 Å². The van der Waals surface area contributed by atoms with Crippen LogP contribution in [-0.2, 0) is 11.3 Å². The fourth-order valence-electron chi connectivity index (χ4n) is 2.92. The average molecular weight is 353 g/mol. The maximum absolute atomic E-state index is 12.3. The molecule has 0 aliphatic carbocycles. The second-order valence-corrected chi connectivity index (χ2v) is 6.32. The number of ether oxygens (including phenoxy) is 1. The van der Waals surface area contributed by atoms with Crippen molar-refractivity contribution < 1.29 is 14.3 Å². The Morgan fingerprint density at radius 2 is 1.92 bits per heavy atom. The lowest BCUT2D eigenvalue weighted by atomic mass is 10.1. The predicted molar refractivity (Wildman–Crippen MR) is 99.8 cm³/mol. The molecule has 4 N–H and O–H groups in total. The van der Waals surface area contributed by atoms with Gasteiger partial charge < -0.3 is 21.1 Å². The number of carbonyl (C=O) groups excluding carboxylic acids is 2. The fraction of sp³-hybridized carbons (Fsp3) is 0.300. The molecule has 1 atom stereocenters. The van der Waals surface area contributed by atoms with Crippen molar-refractivity contribution in [1.29, 1.82) is 0 Å². The van der Waals surface area contributed by atoms with Crippen molar-refractivity contribution in [2.75, 3.05) is 18.9 Å². The Morgan fingerprint density at radius 1 is 1.08 bits per heavy atom. The highest BCUT2D eigenvalue weighted by molar-refractivity contribution is 5.99. The van der Waals surface area contributed by atoms with E-state index in [2.05, 4.69) is 10.6 Å². The Labute approximate surface area is 152 Å². The second-order valence-electron chi connectivity index (χ2n) is 6.32. The van der Waals surface area contributed by atoms with Crippen LogP contribution in [0.15, 0.2) is 48.5 Å². The Kier molecular flexibility index (Phi) is 5.86. The second kappa shape index (κ2) is 8.49. The zero-order valence-electron chi connectivity index (χ0n) is 14.5. The van der Waals surface area contributed by atoms with Crippen molar-refractivity contribution in [2.45, 2.75) is 25.5 Å². The molecule has 1 aliphatic rings. The highest BCUT2D eigenvalue weighted by Gasteiger charge is 2.17. The first-order valence-corrected chi connectivity index (χ1v) is 8.75. The number of nitrogens with two attached hydrogens (primary N) is 1. The summed E-state index contributed by atoms with van der Waals surface area (Å²) < 4.78 is 5.51. The molecule has 2 amide bonds. The van der Waals surface area contributed by atoms with Gasteiger partial charge in [-0.1, -0.05) is 24.3 Å². The van der Waals surface area contributed by atoms with Gasteiger partial charge in [-0.25, -0.2) is 0 Å². The highest BCUT2D eigenvalue weighted by atomic mass is 16.5. The van der Waals surface area contributed by atoms with E-state index >= 15 is 0 Å². The summed E-state index contributed by atoms with van der Waals surface area (Å²) in [6, 6.07) is 14.1. The third-order valence-electron chi connectivity index (χ3n) is 4.36. The quantitative estimate of drug-likeness (QED) is 0.694. The molecule has 0 saturated carbocycles. The fourth-order valence-corrected chi connectivity index (χ4v) is 2.92. The minimum absolute atomic E-state index is 0.109. The van der Waals surface area contributed by atoms with Gasteiger partial charge in [-0.05, 0) is 42.7 Å². The molecule has 6 nitrogen and oxygen atoms in total. The van der Waals surface area contributed by atoms with Gasteiger partial charge >= 0.3 is 0 Å². The summed E-state index contributed by atoms with van der Waals surface area (Å²) in [4.78, 5) is 24.5. The summed E-state index contributed by atoms with van der Waals surface area (Å²) in [5, 5.41) is 5.73. The van der Waals surface area contributed by atoms with Gasteiger partial charge in [-0.2, -0.15) is 0 Å². The summed E-state index contributed by atoms with van der Waals surface area (Å²) >= 11 is 0. The van der Waals surface area contributed by atoms with Gasteiger partial charge in [-0.3, -0.25) is 9.59 Å². The molecular formula is C20H23N3O3. The lowest BCUT2D eigenvalue weighted by molar-refractivity contribution is 0.0857. The molecule has 6 heteroatoms. The molecule has 2 aromatic rings. The zero-order chi connectivity index (χ0) is 18.4. The molecule has 0 aromatic heterocycles. The van der Waals surface area contributed by atoms with Crippen LogP contribution in [0.4, 0.5) is 5.69 Å². The Hall–Kier alpha value is -2.86. The zero-order valence-corrected chi connectivity index (χ0v) is 14.5. The van der Waals surface area contributed by atoms with E-state index in [1.165, 1.54) is 0 Å². The van der Waals surface area contributed by atoms with Crippen LogP contribution in [0.1, 0.15) is 39.1 Å².